The lowest BCUT2D eigenvalue weighted by Crippen LogP contribution is -2.30. The van der Waals surface area contributed by atoms with Gasteiger partial charge in [0, 0.05) is 18.0 Å². The number of amides is 1. The number of halogens is 1. The molecule has 0 aliphatic heterocycles. The third-order valence-corrected chi connectivity index (χ3v) is 5.27. The Morgan fingerprint density at radius 1 is 1.04 bits per heavy atom. The predicted octanol–water partition coefficient (Wildman–Crippen LogP) is 5.19. The monoisotopic (exact) mass is 379 g/mol. The molecule has 2 aromatic heterocycles. The number of anilines is 1. The highest BCUT2D eigenvalue weighted by Crippen LogP contribution is 2.34. The third kappa shape index (κ3) is 3.31. The van der Waals surface area contributed by atoms with Crippen LogP contribution in [0.2, 0.25) is 5.02 Å². The van der Waals surface area contributed by atoms with Crippen LogP contribution in [-0.2, 0) is 6.54 Å². The molecule has 0 saturated carbocycles. The average molecular weight is 380 g/mol. The van der Waals surface area contributed by atoms with Crippen LogP contribution in [0.3, 0.4) is 0 Å². The Kier molecular flexibility index (Phi) is 4.65. The molecule has 0 N–H and O–H groups in total. The summed E-state index contributed by atoms with van der Waals surface area (Å²) in [5.41, 5.74) is 2.26. The minimum absolute atomic E-state index is 0.107. The second-order valence-electron chi connectivity index (χ2n) is 5.70. The first-order valence-corrected chi connectivity index (χ1v) is 9.23. The molecule has 4 rings (SSSR count). The van der Waals surface area contributed by atoms with E-state index in [4.69, 9.17) is 11.6 Å². The summed E-state index contributed by atoms with van der Waals surface area (Å²) in [5, 5.41) is 1.20. The number of carbonyl (C=O) groups is 1. The quantitative estimate of drug-likeness (QED) is 0.490. The van der Waals surface area contributed by atoms with Crippen LogP contribution in [0.4, 0.5) is 5.13 Å². The summed E-state index contributed by atoms with van der Waals surface area (Å²) in [7, 11) is 0. The summed E-state index contributed by atoms with van der Waals surface area (Å²) < 4.78 is 0.949. The molecule has 26 heavy (non-hydrogen) atoms. The van der Waals surface area contributed by atoms with Crippen LogP contribution in [0.1, 0.15) is 15.9 Å². The number of nitrogens with zero attached hydrogens (tertiary/aromatic N) is 3. The highest BCUT2D eigenvalue weighted by atomic mass is 35.5. The van der Waals surface area contributed by atoms with E-state index in [0.717, 1.165) is 10.3 Å². The van der Waals surface area contributed by atoms with Crippen molar-refractivity contribution in [2.45, 2.75) is 6.54 Å². The largest absolute Gasteiger partial charge is 0.279 e. The van der Waals surface area contributed by atoms with Crippen molar-refractivity contribution in [3.8, 4) is 0 Å². The number of rotatable bonds is 4. The van der Waals surface area contributed by atoms with Gasteiger partial charge in [0.1, 0.15) is 5.52 Å². The van der Waals surface area contributed by atoms with Crippen molar-refractivity contribution < 1.29 is 4.79 Å². The van der Waals surface area contributed by atoms with Gasteiger partial charge in [-0.3, -0.25) is 14.7 Å². The molecule has 4 aromatic rings. The van der Waals surface area contributed by atoms with Gasteiger partial charge in [0.05, 0.1) is 16.3 Å². The van der Waals surface area contributed by atoms with Gasteiger partial charge >= 0.3 is 0 Å². The maximum atomic E-state index is 13.2. The highest BCUT2D eigenvalue weighted by Gasteiger charge is 2.22. The van der Waals surface area contributed by atoms with Crippen molar-refractivity contribution in [3.63, 3.8) is 0 Å². The van der Waals surface area contributed by atoms with E-state index in [1.807, 2.05) is 42.5 Å². The molecule has 0 unspecified atom stereocenters. The number of para-hydroxylation sites is 1. The zero-order valence-electron chi connectivity index (χ0n) is 13.7. The van der Waals surface area contributed by atoms with E-state index in [9.17, 15) is 4.79 Å². The van der Waals surface area contributed by atoms with Gasteiger partial charge in [0.2, 0.25) is 0 Å². The molecule has 0 bridgehead atoms. The zero-order valence-corrected chi connectivity index (χ0v) is 15.2. The van der Waals surface area contributed by atoms with Gasteiger partial charge in [-0.1, -0.05) is 53.3 Å². The first kappa shape index (κ1) is 16.7. The van der Waals surface area contributed by atoms with Gasteiger partial charge in [-0.25, -0.2) is 4.98 Å². The van der Waals surface area contributed by atoms with Crippen LogP contribution in [0.25, 0.3) is 10.2 Å². The molecule has 0 aliphatic carbocycles. The molecule has 6 heteroatoms. The van der Waals surface area contributed by atoms with Crippen LogP contribution in [0.15, 0.2) is 73.1 Å². The van der Waals surface area contributed by atoms with Gasteiger partial charge < -0.3 is 0 Å². The molecule has 0 atom stereocenters. The topological polar surface area (TPSA) is 46.1 Å². The van der Waals surface area contributed by atoms with E-state index >= 15 is 0 Å². The normalized spacial score (nSPS) is 10.8. The smallest absolute Gasteiger partial charge is 0.260 e. The fraction of sp³-hybridized carbons (Fsp3) is 0.0500. The van der Waals surface area contributed by atoms with Crippen LogP contribution in [-0.4, -0.2) is 15.9 Å². The van der Waals surface area contributed by atoms with E-state index in [-0.39, 0.29) is 5.91 Å². The maximum Gasteiger partial charge on any atom is 0.260 e. The van der Waals surface area contributed by atoms with Crippen LogP contribution >= 0.6 is 22.9 Å². The van der Waals surface area contributed by atoms with E-state index in [1.54, 1.807) is 35.5 Å². The number of thiazole rings is 1. The summed E-state index contributed by atoms with van der Waals surface area (Å²) in [6.45, 7) is 0.388. The standard InChI is InChI=1S/C20H14ClN3OS/c21-16-9-4-10-17-18(16)23-20(26-17)24(13-14-6-5-11-22-12-14)19(25)15-7-2-1-3-8-15/h1-12H,13H2. The first-order valence-electron chi connectivity index (χ1n) is 8.03. The number of hydrogen-bond donors (Lipinski definition) is 0. The van der Waals surface area contributed by atoms with Gasteiger partial charge in [0.25, 0.3) is 5.91 Å². The Hall–Kier alpha value is -2.76. The second-order valence-corrected chi connectivity index (χ2v) is 7.12. The van der Waals surface area contributed by atoms with Gasteiger partial charge in [-0.05, 0) is 35.9 Å². The van der Waals surface area contributed by atoms with Crippen molar-refractivity contribution in [2.24, 2.45) is 0 Å². The van der Waals surface area contributed by atoms with E-state index < -0.39 is 0 Å². The highest BCUT2D eigenvalue weighted by molar-refractivity contribution is 7.22. The lowest BCUT2D eigenvalue weighted by Gasteiger charge is -2.20. The summed E-state index contributed by atoms with van der Waals surface area (Å²) in [4.78, 5) is 23.6. The van der Waals surface area contributed by atoms with Gasteiger partial charge in [0.15, 0.2) is 5.13 Å². The predicted molar refractivity (Wildman–Crippen MR) is 106 cm³/mol. The third-order valence-electron chi connectivity index (χ3n) is 3.92. The number of benzene rings is 2. The Morgan fingerprint density at radius 3 is 2.62 bits per heavy atom. The molecule has 128 valence electrons. The molecule has 4 nitrogen and oxygen atoms in total. The molecular weight excluding hydrogens is 366 g/mol. The summed E-state index contributed by atoms with van der Waals surface area (Å²) in [6.07, 6.45) is 3.47. The Labute approximate surface area is 159 Å². The van der Waals surface area contributed by atoms with E-state index in [0.29, 0.717) is 27.8 Å². The lowest BCUT2D eigenvalue weighted by atomic mass is 10.2. The zero-order chi connectivity index (χ0) is 17.9. The Balaban J connectivity index is 1.78. The Bertz CT molecular complexity index is 1050. The summed E-state index contributed by atoms with van der Waals surface area (Å²) in [6, 6.07) is 18.6. The fourth-order valence-electron chi connectivity index (χ4n) is 2.66. The summed E-state index contributed by atoms with van der Waals surface area (Å²) >= 11 is 7.71. The molecule has 2 heterocycles. The second kappa shape index (κ2) is 7.23. The first-order chi connectivity index (χ1) is 12.7. The molecule has 0 radical (unpaired) electrons. The van der Waals surface area contributed by atoms with Crippen molar-refractivity contribution in [2.75, 3.05) is 4.90 Å². The molecule has 0 aliphatic rings. The van der Waals surface area contributed by atoms with Crippen molar-refractivity contribution in [3.05, 3.63) is 89.2 Å². The number of carbonyl (C=O) groups excluding carboxylic acids is 1. The average Bonchev–Trinajstić information content (AvgIpc) is 3.12. The molecule has 0 fully saturated rings. The number of aromatic nitrogens is 2. The van der Waals surface area contributed by atoms with Crippen LogP contribution in [0.5, 0.6) is 0 Å². The summed E-state index contributed by atoms with van der Waals surface area (Å²) in [5.74, 6) is -0.107. The van der Waals surface area contributed by atoms with E-state index in [2.05, 4.69) is 9.97 Å². The van der Waals surface area contributed by atoms with Crippen LogP contribution < -0.4 is 4.90 Å². The van der Waals surface area contributed by atoms with Gasteiger partial charge in [-0.15, -0.1) is 0 Å². The number of pyridine rings is 1. The van der Waals surface area contributed by atoms with Crippen LogP contribution in [0, 0.1) is 0 Å². The Morgan fingerprint density at radius 2 is 1.88 bits per heavy atom. The SMILES string of the molecule is O=C(c1ccccc1)N(Cc1cccnc1)c1nc2c(Cl)cccc2s1. The molecule has 0 spiro atoms. The van der Waals surface area contributed by atoms with E-state index in [1.165, 1.54) is 11.3 Å². The van der Waals surface area contributed by atoms with Crippen molar-refractivity contribution in [1.82, 2.24) is 9.97 Å². The molecular formula is C20H14ClN3OS. The minimum atomic E-state index is -0.107. The fourth-order valence-corrected chi connectivity index (χ4v) is 3.92. The molecule has 1 amide bonds. The number of fused-ring (bicyclic) bond motifs is 1. The minimum Gasteiger partial charge on any atom is -0.279 e. The molecule has 2 aromatic carbocycles. The lowest BCUT2D eigenvalue weighted by molar-refractivity contribution is 0.0985. The van der Waals surface area contributed by atoms with Crippen molar-refractivity contribution in [1.29, 1.82) is 0 Å². The number of hydrogen-bond acceptors (Lipinski definition) is 4. The maximum absolute atomic E-state index is 13.2. The molecule has 0 saturated heterocycles. The van der Waals surface area contributed by atoms with Gasteiger partial charge in [-0.2, -0.15) is 0 Å². The van der Waals surface area contributed by atoms with Crippen molar-refractivity contribution >= 4 is 44.2 Å².